The molecule has 146 valence electrons. The number of amides is 3. The Hall–Kier alpha value is -2.57. The number of benzene rings is 1. The number of aliphatic carboxylic acids is 1. The van der Waals surface area contributed by atoms with E-state index in [1.165, 1.54) is 6.92 Å². The van der Waals surface area contributed by atoms with Gasteiger partial charge < -0.3 is 20.2 Å². The van der Waals surface area contributed by atoms with E-state index in [1.807, 2.05) is 31.2 Å². The number of rotatable bonds is 5. The third-order valence-corrected chi connectivity index (χ3v) is 6.03. The van der Waals surface area contributed by atoms with Crippen molar-refractivity contribution in [3.63, 3.8) is 0 Å². The maximum absolute atomic E-state index is 12.8. The number of anilines is 1. The Morgan fingerprint density at radius 1 is 1.33 bits per heavy atom. The highest BCUT2D eigenvalue weighted by molar-refractivity contribution is 5.91. The molecule has 27 heavy (non-hydrogen) atoms. The molecular formula is C20H27N3O4. The summed E-state index contributed by atoms with van der Waals surface area (Å²) in [4.78, 5) is 39.6. The summed E-state index contributed by atoms with van der Waals surface area (Å²) >= 11 is 0. The predicted molar refractivity (Wildman–Crippen MR) is 101 cm³/mol. The molecule has 1 aromatic rings. The van der Waals surface area contributed by atoms with E-state index in [0.717, 1.165) is 18.4 Å². The van der Waals surface area contributed by atoms with Crippen LogP contribution in [0.3, 0.4) is 0 Å². The summed E-state index contributed by atoms with van der Waals surface area (Å²) in [6, 6.07) is 7.13. The highest BCUT2D eigenvalue weighted by Gasteiger charge is 2.55. The summed E-state index contributed by atoms with van der Waals surface area (Å²) in [5.41, 5.74) is 0.726. The van der Waals surface area contributed by atoms with Gasteiger partial charge in [0.25, 0.3) is 0 Å². The molecule has 1 heterocycles. The minimum Gasteiger partial charge on any atom is -0.481 e. The SMILES string of the molecule is CCN(Cc1ccccc1NC(=O)N1C[C@@H]2CCC[C@@]2(C(=O)O)C1)C(C)=O. The van der Waals surface area contributed by atoms with Crippen LogP contribution in [0.5, 0.6) is 0 Å². The van der Waals surface area contributed by atoms with Crippen molar-refractivity contribution < 1.29 is 19.5 Å². The molecule has 1 aliphatic heterocycles. The third-order valence-electron chi connectivity index (χ3n) is 6.03. The minimum atomic E-state index is -0.791. The van der Waals surface area contributed by atoms with Gasteiger partial charge in [0.15, 0.2) is 0 Å². The molecule has 0 unspecified atom stereocenters. The van der Waals surface area contributed by atoms with E-state index < -0.39 is 11.4 Å². The number of nitrogens with one attached hydrogen (secondary N) is 1. The second-order valence-corrected chi connectivity index (χ2v) is 7.55. The van der Waals surface area contributed by atoms with Crippen LogP contribution in [0.1, 0.15) is 38.7 Å². The van der Waals surface area contributed by atoms with E-state index in [-0.39, 0.29) is 24.4 Å². The first-order chi connectivity index (χ1) is 12.9. The topological polar surface area (TPSA) is 90.0 Å². The maximum atomic E-state index is 12.8. The van der Waals surface area contributed by atoms with Crippen molar-refractivity contribution in [2.45, 2.75) is 39.7 Å². The van der Waals surface area contributed by atoms with Crippen molar-refractivity contribution in [2.24, 2.45) is 11.3 Å². The van der Waals surface area contributed by atoms with Crippen LogP contribution in [0.4, 0.5) is 10.5 Å². The number of likely N-dealkylation sites (tertiary alicyclic amines) is 1. The number of carbonyl (C=O) groups excluding carboxylic acids is 2. The monoisotopic (exact) mass is 373 g/mol. The molecule has 1 aromatic carbocycles. The fourth-order valence-corrected chi connectivity index (χ4v) is 4.42. The van der Waals surface area contributed by atoms with Crippen molar-refractivity contribution in [3.8, 4) is 0 Å². The van der Waals surface area contributed by atoms with Crippen molar-refractivity contribution in [1.29, 1.82) is 0 Å². The quantitative estimate of drug-likeness (QED) is 0.830. The second-order valence-electron chi connectivity index (χ2n) is 7.55. The zero-order chi connectivity index (χ0) is 19.6. The molecule has 3 amide bonds. The Labute approximate surface area is 159 Å². The van der Waals surface area contributed by atoms with Gasteiger partial charge in [-0.1, -0.05) is 24.6 Å². The zero-order valence-electron chi connectivity index (χ0n) is 15.9. The smallest absolute Gasteiger partial charge is 0.321 e. The molecule has 2 aliphatic rings. The molecule has 1 saturated carbocycles. The van der Waals surface area contributed by atoms with Crippen molar-refractivity contribution in [2.75, 3.05) is 25.0 Å². The Morgan fingerprint density at radius 3 is 2.70 bits per heavy atom. The summed E-state index contributed by atoms with van der Waals surface area (Å²) in [5.74, 6) is -0.778. The fourth-order valence-electron chi connectivity index (χ4n) is 4.42. The number of hydrogen-bond donors (Lipinski definition) is 2. The second kappa shape index (κ2) is 7.58. The van der Waals surface area contributed by atoms with Crippen molar-refractivity contribution in [3.05, 3.63) is 29.8 Å². The lowest BCUT2D eigenvalue weighted by molar-refractivity contribution is -0.149. The van der Waals surface area contributed by atoms with Gasteiger partial charge >= 0.3 is 12.0 Å². The van der Waals surface area contributed by atoms with Crippen LogP contribution in [0, 0.1) is 11.3 Å². The maximum Gasteiger partial charge on any atom is 0.321 e. The number of carboxylic acid groups (broad SMARTS) is 1. The van der Waals surface area contributed by atoms with Crippen LogP contribution in [0.15, 0.2) is 24.3 Å². The Morgan fingerprint density at radius 2 is 2.07 bits per heavy atom. The normalized spacial score (nSPS) is 23.8. The van der Waals surface area contributed by atoms with E-state index in [0.29, 0.717) is 31.7 Å². The summed E-state index contributed by atoms with van der Waals surface area (Å²) in [6.07, 6.45) is 2.40. The van der Waals surface area contributed by atoms with Crippen molar-refractivity contribution in [1.82, 2.24) is 9.80 Å². The van der Waals surface area contributed by atoms with Gasteiger partial charge in [0, 0.05) is 38.8 Å². The van der Waals surface area contributed by atoms with Gasteiger partial charge in [-0.15, -0.1) is 0 Å². The standard InChI is InChI=1S/C20H27N3O4/c1-3-22(14(2)24)11-15-7-4-5-9-17(15)21-19(27)23-12-16-8-6-10-20(16,13-23)18(25)26/h4-5,7,9,16H,3,6,8,10-13H2,1-2H3,(H,21,27)(H,25,26)/t16-,20+/m0/s1. The average Bonchev–Trinajstić information content (AvgIpc) is 3.19. The summed E-state index contributed by atoms with van der Waals surface area (Å²) in [6.45, 7) is 5.19. The van der Waals surface area contributed by atoms with Gasteiger partial charge in [-0.05, 0) is 37.3 Å². The molecule has 2 N–H and O–H groups in total. The molecule has 3 rings (SSSR count). The largest absolute Gasteiger partial charge is 0.481 e. The summed E-state index contributed by atoms with van der Waals surface area (Å²) < 4.78 is 0. The molecule has 1 saturated heterocycles. The number of hydrogen-bond acceptors (Lipinski definition) is 3. The molecule has 2 atom stereocenters. The van der Waals surface area contributed by atoms with Gasteiger partial charge in [-0.25, -0.2) is 4.79 Å². The molecule has 0 radical (unpaired) electrons. The Kier molecular flexibility index (Phi) is 5.39. The Balaban J connectivity index is 1.72. The highest BCUT2D eigenvalue weighted by atomic mass is 16.4. The van der Waals surface area contributed by atoms with E-state index >= 15 is 0 Å². The number of para-hydroxylation sites is 1. The predicted octanol–water partition coefficient (Wildman–Crippen LogP) is 2.77. The van der Waals surface area contributed by atoms with E-state index in [9.17, 15) is 19.5 Å². The van der Waals surface area contributed by atoms with Gasteiger partial charge in [-0.2, -0.15) is 0 Å². The molecular weight excluding hydrogens is 346 g/mol. The number of carboxylic acids is 1. The van der Waals surface area contributed by atoms with Crippen LogP contribution in [0.2, 0.25) is 0 Å². The van der Waals surface area contributed by atoms with Crippen molar-refractivity contribution >= 4 is 23.6 Å². The minimum absolute atomic E-state index is 0.0191. The molecule has 2 fully saturated rings. The molecule has 0 spiro atoms. The number of nitrogens with zero attached hydrogens (tertiary/aromatic N) is 2. The van der Waals surface area contributed by atoms with Crippen LogP contribution in [0.25, 0.3) is 0 Å². The lowest BCUT2D eigenvalue weighted by Gasteiger charge is -2.24. The summed E-state index contributed by atoms with van der Waals surface area (Å²) in [7, 11) is 0. The first kappa shape index (κ1) is 19.2. The Bertz CT molecular complexity index is 750. The number of fused-ring (bicyclic) bond motifs is 1. The van der Waals surface area contributed by atoms with Crippen LogP contribution < -0.4 is 5.32 Å². The number of urea groups is 1. The van der Waals surface area contributed by atoms with E-state index in [1.54, 1.807) is 9.80 Å². The molecule has 7 nitrogen and oxygen atoms in total. The first-order valence-electron chi connectivity index (χ1n) is 9.50. The molecule has 0 aromatic heterocycles. The van der Waals surface area contributed by atoms with Crippen LogP contribution in [-0.2, 0) is 16.1 Å². The third kappa shape index (κ3) is 3.63. The first-order valence-corrected chi connectivity index (χ1v) is 9.50. The van der Waals surface area contributed by atoms with E-state index in [4.69, 9.17) is 0 Å². The lowest BCUT2D eigenvalue weighted by Crippen LogP contribution is -2.39. The molecule has 7 heteroatoms. The number of carbonyl (C=O) groups is 3. The van der Waals surface area contributed by atoms with Gasteiger partial charge in [0.1, 0.15) is 0 Å². The van der Waals surface area contributed by atoms with E-state index in [2.05, 4.69) is 5.32 Å². The highest BCUT2D eigenvalue weighted by Crippen LogP contribution is 2.48. The van der Waals surface area contributed by atoms with Crippen LogP contribution >= 0.6 is 0 Å². The summed E-state index contributed by atoms with van der Waals surface area (Å²) in [5, 5.41) is 12.6. The lowest BCUT2D eigenvalue weighted by atomic mass is 9.81. The van der Waals surface area contributed by atoms with Gasteiger partial charge in [0.05, 0.1) is 5.41 Å². The zero-order valence-corrected chi connectivity index (χ0v) is 15.9. The fraction of sp³-hybridized carbons (Fsp3) is 0.550. The average molecular weight is 373 g/mol. The molecule has 1 aliphatic carbocycles. The molecule has 0 bridgehead atoms. The van der Waals surface area contributed by atoms with Gasteiger partial charge in [0.2, 0.25) is 5.91 Å². The van der Waals surface area contributed by atoms with Gasteiger partial charge in [-0.3, -0.25) is 9.59 Å². The van der Waals surface area contributed by atoms with Crippen LogP contribution in [-0.4, -0.2) is 52.4 Å².